The molecular weight excluding hydrogens is 470 g/mol. The molecule has 1 N–H and O–H groups in total. The van der Waals surface area contributed by atoms with Crippen LogP contribution in [0.5, 0.6) is 5.75 Å². The molecule has 178 valence electrons. The van der Waals surface area contributed by atoms with Crippen molar-refractivity contribution in [3.8, 4) is 5.75 Å². The standard InChI is InChI=1S/C27H22ClNO6/c1-34-21-12-8-17(9-13-21)24-23(25(31)18-4-3-5-19(28)15-18)26(32)27(33)29(24)20-10-6-16(7-11-20)14-22(30)35-2/h3-13,15,24,31H,14H2,1-2H3/b25-23-. The zero-order valence-corrected chi connectivity index (χ0v) is 19.8. The molecule has 0 aromatic heterocycles. The smallest absolute Gasteiger partial charge is 0.309 e. The number of ether oxygens (including phenoxy) is 2. The van der Waals surface area contributed by atoms with Gasteiger partial charge in [-0.05, 0) is 47.5 Å². The second-order valence-corrected chi connectivity index (χ2v) is 8.31. The molecule has 1 unspecified atom stereocenters. The van der Waals surface area contributed by atoms with Gasteiger partial charge >= 0.3 is 5.97 Å². The first kappa shape index (κ1) is 24.0. The minimum atomic E-state index is -0.897. The van der Waals surface area contributed by atoms with Crippen molar-refractivity contribution in [3.05, 3.63) is 100 Å². The van der Waals surface area contributed by atoms with E-state index in [0.717, 1.165) is 0 Å². The van der Waals surface area contributed by atoms with Gasteiger partial charge in [0, 0.05) is 16.3 Å². The fourth-order valence-corrected chi connectivity index (χ4v) is 4.20. The van der Waals surface area contributed by atoms with Crippen molar-refractivity contribution >= 4 is 40.7 Å². The van der Waals surface area contributed by atoms with Gasteiger partial charge in [-0.1, -0.05) is 48.0 Å². The van der Waals surface area contributed by atoms with Crippen molar-refractivity contribution in [1.29, 1.82) is 0 Å². The molecule has 1 saturated heterocycles. The Hall–Kier alpha value is -4.10. The highest BCUT2D eigenvalue weighted by Crippen LogP contribution is 2.42. The van der Waals surface area contributed by atoms with Crippen LogP contribution >= 0.6 is 11.6 Å². The maximum atomic E-state index is 13.2. The summed E-state index contributed by atoms with van der Waals surface area (Å²) in [6.45, 7) is 0. The predicted octanol–water partition coefficient (Wildman–Crippen LogP) is 4.69. The summed E-state index contributed by atoms with van der Waals surface area (Å²) in [5.41, 5.74) is 2.00. The van der Waals surface area contributed by atoms with Crippen LogP contribution in [-0.2, 0) is 25.5 Å². The number of carbonyl (C=O) groups excluding carboxylic acids is 3. The van der Waals surface area contributed by atoms with Gasteiger partial charge in [-0.3, -0.25) is 19.3 Å². The molecule has 3 aromatic rings. The Morgan fingerprint density at radius 3 is 2.29 bits per heavy atom. The molecule has 1 aliphatic rings. The average Bonchev–Trinajstić information content (AvgIpc) is 3.14. The number of halogens is 1. The molecule has 1 aliphatic heterocycles. The summed E-state index contributed by atoms with van der Waals surface area (Å²) < 4.78 is 9.93. The molecule has 0 spiro atoms. The molecule has 1 atom stereocenters. The second kappa shape index (κ2) is 10.0. The average molecular weight is 492 g/mol. The third-order valence-electron chi connectivity index (χ3n) is 5.76. The fraction of sp³-hybridized carbons (Fsp3) is 0.148. The van der Waals surface area contributed by atoms with E-state index in [1.165, 1.54) is 25.2 Å². The van der Waals surface area contributed by atoms with Crippen molar-refractivity contribution in [2.75, 3.05) is 19.1 Å². The number of carbonyl (C=O) groups is 3. The Morgan fingerprint density at radius 1 is 1.00 bits per heavy atom. The summed E-state index contributed by atoms with van der Waals surface area (Å²) in [7, 11) is 2.85. The van der Waals surface area contributed by atoms with E-state index >= 15 is 0 Å². The number of hydrogen-bond acceptors (Lipinski definition) is 6. The molecule has 35 heavy (non-hydrogen) atoms. The quantitative estimate of drug-likeness (QED) is 0.233. The van der Waals surface area contributed by atoms with Gasteiger partial charge in [-0.2, -0.15) is 0 Å². The van der Waals surface area contributed by atoms with Crippen LogP contribution in [0.15, 0.2) is 78.4 Å². The van der Waals surface area contributed by atoms with Gasteiger partial charge in [0.15, 0.2) is 0 Å². The number of aliphatic hydroxyl groups is 1. The van der Waals surface area contributed by atoms with Gasteiger partial charge in [-0.25, -0.2) is 0 Å². The van der Waals surface area contributed by atoms with Crippen molar-refractivity contribution in [1.82, 2.24) is 0 Å². The molecule has 0 bridgehead atoms. The normalized spacial score (nSPS) is 16.9. The Morgan fingerprint density at radius 2 is 1.69 bits per heavy atom. The van der Waals surface area contributed by atoms with Crippen LogP contribution < -0.4 is 9.64 Å². The van der Waals surface area contributed by atoms with Gasteiger partial charge in [0.25, 0.3) is 11.7 Å². The van der Waals surface area contributed by atoms with E-state index < -0.39 is 23.7 Å². The number of ketones is 1. The molecular formula is C27H22ClNO6. The van der Waals surface area contributed by atoms with Crippen LogP contribution in [0.1, 0.15) is 22.7 Å². The van der Waals surface area contributed by atoms with Crippen LogP contribution in [0.25, 0.3) is 5.76 Å². The Bertz CT molecular complexity index is 1310. The number of nitrogens with zero attached hydrogens (tertiary/aromatic N) is 1. The highest BCUT2D eigenvalue weighted by molar-refractivity contribution is 6.51. The highest BCUT2D eigenvalue weighted by atomic mass is 35.5. The molecule has 3 aromatic carbocycles. The van der Waals surface area contributed by atoms with Crippen LogP contribution in [0.2, 0.25) is 5.02 Å². The number of benzene rings is 3. The Balaban J connectivity index is 1.85. The zero-order valence-electron chi connectivity index (χ0n) is 19.0. The van der Waals surface area contributed by atoms with Crippen LogP contribution in [-0.4, -0.2) is 37.0 Å². The lowest BCUT2D eigenvalue weighted by molar-refractivity contribution is -0.139. The van der Waals surface area contributed by atoms with Crippen molar-refractivity contribution < 1.29 is 29.0 Å². The highest BCUT2D eigenvalue weighted by Gasteiger charge is 2.47. The van der Waals surface area contributed by atoms with Crippen molar-refractivity contribution in [3.63, 3.8) is 0 Å². The number of hydrogen-bond donors (Lipinski definition) is 1. The lowest BCUT2D eigenvalue weighted by Gasteiger charge is -2.25. The van der Waals surface area contributed by atoms with E-state index in [1.54, 1.807) is 66.7 Å². The van der Waals surface area contributed by atoms with E-state index in [0.29, 0.717) is 33.1 Å². The van der Waals surface area contributed by atoms with E-state index in [2.05, 4.69) is 0 Å². The third kappa shape index (κ3) is 4.76. The van der Waals surface area contributed by atoms with Crippen molar-refractivity contribution in [2.24, 2.45) is 0 Å². The first-order valence-electron chi connectivity index (χ1n) is 10.7. The number of amides is 1. The predicted molar refractivity (Wildman–Crippen MR) is 131 cm³/mol. The van der Waals surface area contributed by atoms with Gasteiger partial charge in [0.2, 0.25) is 0 Å². The SMILES string of the molecule is COC(=O)Cc1ccc(N2C(=O)C(=O)/C(=C(\O)c3cccc(Cl)c3)C2c2ccc(OC)cc2)cc1. The minimum absolute atomic E-state index is 0.0546. The first-order valence-corrected chi connectivity index (χ1v) is 11.1. The fourth-order valence-electron chi connectivity index (χ4n) is 4.00. The van der Waals surface area contributed by atoms with Gasteiger partial charge in [0.05, 0.1) is 32.3 Å². The molecule has 7 nitrogen and oxygen atoms in total. The molecule has 0 saturated carbocycles. The molecule has 0 radical (unpaired) electrons. The van der Waals surface area contributed by atoms with Gasteiger partial charge in [0.1, 0.15) is 11.5 Å². The molecule has 0 aliphatic carbocycles. The summed E-state index contributed by atoms with van der Waals surface area (Å²) in [5, 5.41) is 11.5. The summed E-state index contributed by atoms with van der Waals surface area (Å²) in [6.07, 6.45) is 0.0757. The molecule has 4 rings (SSSR count). The van der Waals surface area contributed by atoms with Crippen LogP contribution in [0, 0.1) is 0 Å². The first-order chi connectivity index (χ1) is 16.8. The zero-order chi connectivity index (χ0) is 25.1. The Kier molecular flexibility index (Phi) is 6.89. The van der Waals surface area contributed by atoms with Gasteiger partial charge < -0.3 is 14.6 Å². The molecule has 1 amide bonds. The van der Waals surface area contributed by atoms with E-state index in [1.807, 2.05) is 0 Å². The summed E-state index contributed by atoms with van der Waals surface area (Å²) >= 11 is 6.09. The summed E-state index contributed by atoms with van der Waals surface area (Å²) in [6, 6.07) is 19.1. The second-order valence-electron chi connectivity index (χ2n) is 7.87. The number of aliphatic hydroxyl groups excluding tert-OH is 1. The largest absolute Gasteiger partial charge is 0.507 e. The lowest BCUT2D eigenvalue weighted by Crippen LogP contribution is -2.29. The topological polar surface area (TPSA) is 93.1 Å². The van der Waals surface area contributed by atoms with Crippen LogP contribution in [0.3, 0.4) is 0 Å². The third-order valence-corrected chi connectivity index (χ3v) is 6.00. The summed E-state index contributed by atoms with van der Waals surface area (Å²) in [4.78, 5) is 39.4. The van der Waals surface area contributed by atoms with Crippen molar-refractivity contribution in [2.45, 2.75) is 12.5 Å². The number of methoxy groups -OCH3 is 2. The number of Topliss-reactive ketones (excluding diaryl/α,β-unsaturated/α-hetero) is 1. The molecule has 1 heterocycles. The minimum Gasteiger partial charge on any atom is -0.507 e. The maximum Gasteiger partial charge on any atom is 0.309 e. The Labute approximate surface area is 207 Å². The summed E-state index contributed by atoms with van der Waals surface area (Å²) in [5.74, 6) is -1.71. The molecule has 8 heteroatoms. The number of esters is 1. The monoisotopic (exact) mass is 491 g/mol. The van der Waals surface area contributed by atoms with E-state index in [-0.39, 0.29) is 17.8 Å². The molecule has 1 fully saturated rings. The lowest BCUT2D eigenvalue weighted by atomic mass is 9.95. The number of anilines is 1. The van der Waals surface area contributed by atoms with Gasteiger partial charge in [-0.15, -0.1) is 0 Å². The number of rotatable bonds is 6. The van der Waals surface area contributed by atoms with Crippen LogP contribution in [0.4, 0.5) is 5.69 Å². The maximum absolute atomic E-state index is 13.2. The van der Waals surface area contributed by atoms with E-state index in [9.17, 15) is 19.5 Å². The van der Waals surface area contributed by atoms with E-state index in [4.69, 9.17) is 21.1 Å².